The Morgan fingerprint density at radius 3 is 2.28 bits per heavy atom. The maximum atomic E-state index is 13.1. The minimum absolute atomic E-state index is 0.0857. The number of nitrogens with zero attached hydrogens (tertiary/aromatic N) is 1. The second-order valence-corrected chi connectivity index (χ2v) is 7.90. The molecular weight excluding hydrogens is 439 g/mol. The average Bonchev–Trinajstić information content (AvgIpc) is 2.77. The van der Waals surface area contributed by atoms with Gasteiger partial charge in [0, 0.05) is 23.4 Å². The second kappa shape index (κ2) is 9.40. The van der Waals surface area contributed by atoms with Crippen molar-refractivity contribution in [2.24, 2.45) is 0 Å². The number of nitro benzene ring substituents is 1. The number of rotatable bonds is 7. The highest BCUT2D eigenvalue weighted by Gasteiger charge is 2.16. The van der Waals surface area contributed by atoms with Crippen LogP contribution in [0.1, 0.15) is 11.1 Å². The van der Waals surface area contributed by atoms with Crippen molar-refractivity contribution in [2.45, 2.75) is 4.90 Å². The third-order valence-electron chi connectivity index (χ3n) is 4.43. The molecule has 0 bridgehead atoms. The summed E-state index contributed by atoms with van der Waals surface area (Å²) in [6, 6.07) is 17.0. The largest absolute Gasteiger partial charge is 0.497 e. The molecule has 0 saturated heterocycles. The Morgan fingerprint density at radius 1 is 1.06 bits per heavy atom. The molecule has 0 unspecified atom stereocenters. The highest BCUT2D eigenvalue weighted by Crippen LogP contribution is 2.25. The second-order valence-electron chi connectivity index (χ2n) is 6.55. The van der Waals surface area contributed by atoms with E-state index in [1.54, 1.807) is 30.3 Å². The van der Waals surface area contributed by atoms with Gasteiger partial charge in [-0.3, -0.25) is 14.9 Å². The smallest absolute Gasteiger partial charge is 0.332 e. The molecule has 1 N–H and O–H groups in total. The first-order valence-electron chi connectivity index (χ1n) is 9.14. The Hall–Kier alpha value is -4.05. The molecule has 0 aliphatic carbocycles. The van der Waals surface area contributed by atoms with Gasteiger partial charge in [-0.15, -0.1) is 3.89 Å². The predicted octanol–water partition coefficient (Wildman–Crippen LogP) is 4.44. The monoisotopic (exact) mass is 456 g/mol. The van der Waals surface area contributed by atoms with Gasteiger partial charge in [0.2, 0.25) is 0 Å². The summed E-state index contributed by atoms with van der Waals surface area (Å²) in [6.45, 7) is 0. The molecule has 0 aliphatic rings. The normalized spacial score (nSPS) is 11.6. The quantitative estimate of drug-likeness (QED) is 0.185. The van der Waals surface area contributed by atoms with Crippen molar-refractivity contribution >= 4 is 39.2 Å². The third kappa shape index (κ3) is 5.55. The highest BCUT2D eigenvalue weighted by atomic mass is 32.3. The number of non-ortho nitro benzene ring substituents is 1. The molecule has 8 nitrogen and oxygen atoms in total. The molecule has 0 aliphatic heterocycles. The zero-order valence-electron chi connectivity index (χ0n) is 16.7. The van der Waals surface area contributed by atoms with E-state index in [1.165, 1.54) is 43.5 Å². The van der Waals surface area contributed by atoms with Gasteiger partial charge in [-0.1, -0.05) is 12.1 Å². The fourth-order valence-electron chi connectivity index (χ4n) is 2.83. The number of carbonyl (C=O) groups excluding carboxylic acids is 1. The number of anilines is 1. The van der Waals surface area contributed by atoms with Gasteiger partial charge in [-0.25, -0.2) is 0 Å². The van der Waals surface area contributed by atoms with E-state index in [1.807, 2.05) is 0 Å². The molecule has 0 fully saturated rings. The van der Waals surface area contributed by atoms with Crippen molar-refractivity contribution in [2.75, 3.05) is 12.4 Å². The molecule has 3 aromatic carbocycles. The van der Waals surface area contributed by atoms with Crippen molar-refractivity contribution in [1.82, 2.24) is 0 Å². The lowest BCUT2D eigenvalue weighted by Gasteiger charge is -2.11. The van der Waals surface area contributed by atoms with E-state index in [4.69, 9.17) is 4.74 Å². The average molecular weight is 456 g/mol. The molecule has 32 heavy (non-hydrogen) atoms. The van der Waals surface area contributed by atoms with Crippen LogP contribution in [-0.4, -0.2) is 26.4 Å². The predicted molar refractivity (Wildman–Crippen MR) is 117 cm³/mol. The van der Waals surface area contributed by atoms with E-state index in [-0.39, 0.29) is 16.9 Å². The molecule has 10 heteroatoms. The van der Waals surface area contributed by atoms with Gasteiger partial charge < -0.3 is 10.1 Å². The van der Waals surface area contributed by atoms with Crippen LogP contribution in [0.2, 0.25) is 0 Å². The van der Waals surface area contributed by atoms with Gasteiger partial charge in [0.1, 0.15) is 5.75 Å². The summed E-state index contributed by atoms with van der Waals surface area (Å²) in [6.07, 6.45) is 1.55. The number of carbonyl (C=O) groups is 1. The number of methoxy groups -OCH3 is 1. The van der Waals surface area contributed by atoms with Gasteiger partial charge >= 0.3 is 10.2 Å². The Bertz CT molecular complexity index is 1290. The zero-order valence-corrected chi connectivity index (χ0v) is 17.5. The SMILES string of the molecule is COc1cccc(/C(=C\c2ccc([N+](=O)[O-])cc2)C(=O)Nc2ccc(S(=O)(=O)F)cc2)c1. The van der Waals surface area contributed by atoms with Gasteiger partial charge in [0.05, 0.1) is 16.9 Å². The van der Waals surface area contributed by atoms with Crippen molar-refractivity contribution < 1.29 is 26.8 Å². The molecule has 1 amide bonds. The number of hydrogen-bond acceptors (Lipinski definition) is 6. The number of hydrogen-bond donors (Lipinski definition) is 1. The molecule has 164 valence electrons. The maximum Gasteiger partial charge on any atom is 0.332 e. The van der Waals surface area contributed by atoms with Crippen LogP contribution in [0.5, 0.6) is 5.75 Å². The molecule has 0 saturated carbocycles. The molecule has 0 spiro atoms. The Labute approximate surface area is 183 Å². The first-order chi connectivity index (χ1) is 15.2. The summed E-state index contributed by atoms with van der Waals surface area (Å²) < 4.78 is 40.2. The summed E-state index contributed by atoms with van der Waals surface area (Å²) in [4.78, 5) is 22.9. The van der Waals surface area contributed by atoms with Crippen molar-refractivity contribution in [1.29, 1.82) is 0 Å². The molecule has 0 radical (unpaired) electrons. The lowest BCUT2D eigenvalue weighted by molar-refractivity contribution is -0.384. The molecule has 0 atom stereocenters. The topological polar surface area (TPSA) is 116 Å². The molecular formula is C22H17FN2O6S. The van der Waals surface area contributed by atoms with Crippen LogP contribution in [0.4, 0.5) is 15.3 Å². The molecule has 3 aromatic rings. The van der Waals surface area contributed by atoms with E-state index >= 15 is 0 Å². The maximum absolute atomic E-state index is 13.1. The minimum atomic E-state index is -4.85. The number of amides is 1. The molecule has 0 aromatic heterocycles. The Morgan fingerprint density at radius 2 is 1.72 bits per heavy atom. The number of nitrogens with one attached hydrogen (secondary N) is 1. The van der Waals surface area contributed by atoms with Crippen LogP contribution in [0.15, 0.2) is 77.7 Å². The fraction of sp³-hybridized carbons (Fsp3) is 0.0455. The lowest BCUT2D eigenvalue weighted by Crippen LogP contribution is -2.13. The number of benzene rings is 3. The minimum Gasteiger partial charge on any atom is -0.497 e. The number of nitro groups is 1. The first-order valence-corrected chi connectivity index (χ1v) is 10.5. The van der Waals surface area contributed by atoms with Crippen LogP contribution in [0.3, 0.4) is 0 Å². The zero-order chi connectivity index (χ0) is 23.3. The first kappa shape index (κ1) is 22.6. The standard InChI is InChI=1S/C22H17FN2O6S/c1-31-19-4-2-3-16(14-19)21(13-15-5-9-18(10-6-15)25(27)28)22(26)24-17-7-11-20(12-8-17)32(23,29)30/h2-14H,1H3,(H,24,26)/b21-13+. The summed E-state index contributed by atoms with van der Waals surface area (Å²) in [5.74, 6) is -0.0186. The fourth-order valence-corrected chi connectivity index (χ4v) is 3.29. The highest BCUT2D eigenvalue weighted by molar-refractivity contribution is 7.86. The summed E-state index contributed by atoms with van der Waals surface area (Å²) >= 11 is 0. The molecule has 3 rings (SSSR count). The van der Waals surface area contributed by atoms with Crippen molar-refractivity contribution in [3.63, 3.8) is 0 Å². The van der Waals surface area contributed by atoms with E-state index in [0.29, 0.717) is 16.9 Å². The van der Waals surface area contributed by atoms with Gasteiger partial charge in [-0.2, -0.15) is 8.42 Å². The van der Waals surface area contributed by atoms with Crippen LogP contribution >= 0.6 is 0 Å². The van der Waals surface area contributed by atoms with Crippen LogP contribution in [0, 0.1) is 10.1 Å². The third-order valence-corrected chi connectivity index (χ3v) is 5.27. The van der Waals surface area contributed by atoms with E-state index in [2.05, 4.69) is 5.32 Å². The summed E-state index contributed by atoms with van der Waals surface area (Å²) in [5, 5.41) is 13.5. The van der Waals surface area contributed by atoms with Crippen molar-refractivity contribution in [3.8, 4) is 5.75 Å². The van der Waals surface area contributed by atoms with Gasteiger partial charge in [0.25, 0.3) is 11.6 Å². The number of ether oxygens (including phenoxy) is 1. The van der Waals surface area contributed by atoms with Crippen LogP contribution in [-0.2, 0) is 15.0 Å². The van der Waals surface area contributed by atoms with E-state index < -0.39 is 25.9 Å². The van der Waals surface area contributed by atoms with Gasteiger partial charge in [-0.05, 0) is 65.7 Å². The summed E-state index contributed by atoms with van der Waals surface area (Å²) in [5.41, 5.74) is 1.45. The molecule has 0 heterocycles. The Kier molecular flexibility index (Phi) is 6.64. The Balaban J connectivity index is 1.97. The van der Waals surface area contributed by atoms with E-state index in [9.17, 15) is 27.2 Å². The summed E-state index contributed by atoms with van der Waals surface area (Å²) in [7, 11) is -3.37. The van der Waals surface area contributed by atoms with Crippen LogP contribution in [0.25, 0.3) is 11.6 Å². The number of halogens is 1. The van der Waals surface area contributed by atoms with Gasteiger partial charge in [0.15, 0.2) is 0 Å². The lowest BCUT2D eigenvalue weighted by atomic mass is 10.0. The van der Waals surface area contributed by atoms with Crippen LogP contribution < -0.4 is 10.1 Å². The van der Waals surface area contributed by atoms with E-state index in [0.717, 1.165) is 12.1 Å². The van der Waals surface area contributed by atoms with Crippen molar-refractivity contribution in [3.05, 3.63) is 94.0 Å².